The van der Waals surface area contributed by atoms with Gasteiger partial charge in [0.2, 0.25) is 0 Å². The first-order valence-corrected chi connectivity index (χ1v) is 9.77. The maximum absolute atomic E-state index is 6.29. The summed E-state index contributed by atoms with van der Waals surface area (Å²) in [7, 11) is 0. The van der Waals surface area contributed by atoms with E-state index in [0.717, 1.165) is 53.2 Å². The molecule has 0 fully saturated rings. The molecule has 3 aromatic heterocycles. The summed E-state index contributed by atoms with van der Waals surface area (Å²) in [5.74, 6) is 1.44. The van der Waals surface area contributed by atoms with Gasteiger partial charge in [-0.1, -0.05) is 35.9 Å². The van der Waals surface area contributed by atoms with Crippen LogP contribution >= 0.6 is 0 Å². The third kappa shape index (κ3) is 3.47. The van der Waals surface area contributed by atoms with Crippen molar-refractivity contribution in [2.24, 2.45) is 0 Å². The fourth-order valence-electron chi connectivity index (χ4n) is 3.67. The largest absolute Gasteiger partial charge is 0.465 e. The van der Waals surface area contributed by atoms with Crippen LogP contribution in [0.25, 0.3) is 22.7 Å². The van der Waals surface area contributed by atoms with E-state index in [1.165, 1.54) is 5.57 Å². The molecule has 4 heterocycles. The van der Waals surface area contributed by atoms with Crippen LogP contribution in [0.2, 0.25) is 0 Å². The third-order valence-corrected chi connectivity index (χ3v) is 5.03. The second-order valence-corrected chi connectivity index (χ2v) is 7.19. The van der Waals surface area contributed by atoms with Gasteiger partial charge in [-0.25, -0.2) is 4.52 Å². The normalized spacial score (nSPS) is 16.0. The molecule has 1 aliphatic heterocycles. The van der Waals surface area contributed by atoms with Gasteiger partial charge in [0.15, 0.2) is 5.76 Å². The second kappa shape index (κ2) is 7.43. The van der Waals surface area contributed by atoms with Crippen molar-refractivity contribution in [1.82, 2.24) is 14.6 Å². The third-order valence-electron chi connectivity index (χ3n) is 5.03. The molecular weight excluding hydrogens is 362 g/mol. The van der Waals surface area contributed by atoms with Gasteiger partial charge in [-0.3, -0.25) is 4.98 Å². The Balaban J connectivity index is 1.54. The molecule has 1 aliphatic carbocycles. The number of hydrogen-bond acceptors (Lipinski definition) is 4. The number of hydrogen-bond donors (Lipinski definition) is 0. The molecule has 0 N–H and O–H groups in total. The minimum Gasteiger partial charge on any atom is -0.465 e. The van der Waals surface area contributed by atoms with Crippen LogP contribution < -0.4 is 0 Å². The van der Waals surface area contributed by atoms with Crippen LogP contribution in [0.5, 0.6) is 0 Å². The van der Waals surface area contributed by atoms with Gasteiger partial charge < -0.3 is 9.47 Å². The number of ether oxygens (including phenoxy) is 2. The Morgan fingerprint density at radius 1 is 1.10 bits per heavy atom. The summed E-state index contributed by atoms with van der Waals surface area (Å²) in [4.78, 5) is 4.68. The van der Waals surface area contributed by atoms with Crippen molar-refractivity contribution in [2.45, 2.75) is 26.2 Å². The van der Waals surface area contributed by atoms with Crippen molar-refractivity contribution in [2.75, 3.05) is 0 Å². The SMILES string of the molecule is Cc1cccc(-c2nn3ccccc3c2C2=COC=C(CC3=CC=CCC3)O2)n1. The Hall–Kier alpha value is -3.60. The molecule has 144 valence electrons. The molecule has 5 nitrogen and oxygen atoms in total. The average Bonchev–Trinajstić information content (AvgIpc) is 3.14. The van der Waals surface area contributed by atoms with Crippen molar-refractivity contribution in [1.29, 1.82) is 0 Å². The van der Waals surface area contributed by atoms with Gasteiger partial charge in [0.05, 0.1) is 16.8 Å². The highest BCUT2D eigenvalue weighted by molar-refractivity contribution is 5.85. The lowest BCUT2D eigenvalue weighted by molar-refractivity contribution is 0.273. The van der Waals surface area contributed by atoms with Crippen LogP contribution in [0.4, 0.5) is 0 Å². The first-order valence-electron chi connectivity index (χ1n) is 9.77. The van der Waals surface area contributed by atoms with Crippen molar-refractivity contribution >= 4 is 11.3 Å². The summed E-state index contributed by atoms with van der Waals surface area (Å²) in [5.41, 5.74) is 5.69. The van der Waals surface area contributed by atoms with Crippen LogP contribution in [-0.2, 0) is 9.47 Å². The average molecular weight is 383 g/mol. The number of nitrogens with zero attached hydrogens (tertiary/aromatic N) is 3. The molecule has 3 aromatic rings. The van der Waals surface area contributed by atoms with Crippen molar-refractivity contribution < 1.29 is 9.47 Å². The van der Waals surface area contributed by atoms with Gasteiger partial charge in [0.25, 0.3) is 0 Å². The smallest absolute Gasteiger partial charge is 0.173 e. The van der Waals surface area contributed by atoms with Crippen LogP contribution in [0.15, 0.2) is 84.7 Å². The molecular formula is C24H21N3O2. The van der Waals surface area contributed by atoms with E-state index in [0.29, 0.717) is 5.76 Å². The predicted octanol–water partition coefficient (Wildman–Crippen LogP) is 5.56. The lowest BCUT2D eigenvalue weighted by Gasteiger charge is -2.18. The zero-order valence-corrected chi connectivity index (χ0v) is 16.2. The van der Waals surface area contributed by atoms with Crippen molar-refractivity contribution in [3.05, 3.63) is 95.9 Å². The number of aryl methyl sites for hydroxylation is 1. The second-order valence-electron chi connectivity index (χ2n) is 7.19. The lowest BCUT2D eigenvalue weighted by atomic mass is 10.0. The van der Waals surface area contributed by atoms with E-state index in [1.807, 2.05) is 54.0 Å². The predicted molar refractivity (Wildman–Crippen MR) is 112 cm³/mol. The molecule has 0 saturated carbocycles. The summed E-state index contributed by atoms with van der Waals surface area (Å²) < 4.78 is 13.8. The Morgan fingerprint density at radius 2 is 2.07 bits per heavy atom. The monoisotopic (exact) mass is 383 g/mol. The first kappa shape index (κ1) is 17.5. The standard InChI is InChI=1S/C24H21N3O2/c1-17-8-7-11-20(25-17)24-23(21-12-5-6-13-27(21)26-24)22-16-28-15-19(29-22)14-18-9-3-2-4-10-18/h2-3,5-9,11-13,15-16H,4,10,14H2,1H3. The molecule has 0 atom stereocenters. The zero-order valence-electron chi connectivity index (χ0n) is 16.2. The Labute approximate surface area is 169 Å². The highest BCUT2D eigenvalue weighted by atomic mass is 16.5. The molecule has 0 radical (unpaired) electrons. The Morgan fingerprint density at radius 3 is 2.93 bits per heavy atom. The van der Waals surface area contributed by atoms with E-state index < -0.39 is 0 Å². The molecule has 0 unspecified atom stereocenters. The molecule has 0 bridgehead atoms. The quantitative estimate of drug-likeness (QED) is 0.592. The molecule has 29 heavy (non-hydrogen) atoms. The molecule has 5 heteroatoms. The summed E-state index contributed by atoms with van der Waals surface area (Å²) in [6.07, 6.45) is 14.5. The van der Waals surface area contributed by atoms with E-state index in [-0.39, 0.29) is 0 Å². The molecule has 0 amide bonds. The summed E-state index contributed by atoms with van der Waals surface area (Å²) in [6, 6.07) is 11.9. The zero-order chi connectivity index (χ0) is 19.6. The number of fused-ring (bicyclic) bond motifs is 1. The van der Waals surface area contributed by atoms with Gasteiger partial charge in [0, 0.05) is 18.3 Å². The van der Waals surface area contributed by atoms with E-state index >= 15 is 0 Å². The fraction of sp³-hybridized carbons (Fsp3) is 0.167. The summed E-state index contributed by atoms with van der Waals surface area (Å²) in [6.45, 7) is 1.98. The maximum atomic E-state index is 6.29. The van der Waals surface area contributed by atoms with Gasteiger partial charge in [-0.2, -0.15) is 5.10 Å². The first-order chi connectivity index (χ1) is 14.3. The maximum Gasteiger partial charge on any atom is 0.173 e. The van der Waals surface area contributed by atoms with Gasteiger partial charge in [-0.05, 0) is 44.0 Å². The van der Waals surface area contributed by atoms with Crippen LogP contribution in [0, 0.1) is 6.92 Å². The van der Waals surface area contributed by atoms with Crippen LogP contribution in [0.1, 0.15) is 30.5 Å². The molecule has 5 rings (SSSR count). The molecule has 2 aliphatic rings. The van der Waals surface area contributed by atoms with E-state index in [4.69, 9.17) is 14.6 Å². The molecule has 0 saturated heterocycles. The topological polar surface area (TPSA) is 48.7 Å². The van der Waals surface area contributed by atoms with Crippen LogP contribution in [0.3, 0.4) is 0 Å². The Kier molecular flexibility index (Phi) is 4.48. The van der Waals surface area contributed by atoms with Crippen molar-refractivity contribution in [3.63, 3.8) is 0 Å². The van der Waals surface area contributed by atoms with E-state index in [1.54, 1.807) is 12.5 Å². The number of pyridine rings is 2. The van der Waals surface area contributed by atoms with Crippen LogP contribution in [-0.4, -0.2) is 14.6 Å². The minimum absolute atomic E-state index is 0.647. The fourth-order valence-corrected chi connectivity index (χ4v) is 3.67. The van der Waals surface area contributed by atoms with Gasteiger partial charge in [0.1, 0.15) is 24.0 Å². The lowest BCUT2D eigenvalue weighted by Crippen LogP contribution is -2.03. The van der Waals surface area contributed by atoms with E-state index in [2.05, 4.69) is 23.2 Å². The highest BCUT2D eigenvalue weighted by Gasteiger charge is 2.23. The summed E-state index contributed by atoms with van der Waals surface area (Å²) >= 11 is 0. The van der Waals surface area contributed by atoms with Gasteiger partial charge >= 0.3 is 0 Å². The minimum atomic E-state index is 0.647. The van der Waals surface area contributed by atoms with E-state index in [9.17, 15) is 0 Å². The molecule has 0 spiro atoms. The van der Waals surface area contributed by atoms with Gasteiger partial charge in [-0.15, -0.1) is 0 Å². The number of aromatic nitrogens is 3. The number of allylic oxidation sites excluding steroid dienone is 4. The molecule has 0 aromatic carbocycles. The highest BCUT2D eigenvalue weighted by Crippen LogP contribution is 2.36. The summed E-state index contributed by atoms with van der Waals surface area (Å²) in [5, 5.41) is 4.78. The Bertz CT molecular complexity index is 1200. The van der Waals surface area contributed by atoms with Crippen molar-refractivity contribution in [3.8, 4) is 11.4 Å². The number of rotatable bonds is 4.